The van der Waals surface area contributed by atoms with Crippen LogP contribution in [0.3, 0.4) is 0 Å². The summed E-state index contributed by atoms with van der Waals surface area (Å²) in [6.45, 7) is 0. The normalized spacial score (nSPS) is 10.8. The van der Waals surface area contributed by atoms with Crippen LogP contribution in [-0.4, -0.2) is 16.8 Å². The summed E-state index contributed by atoms with van der Waals surface area (Å²) < 4.78 is 29.3. The quantitative estimate of drug-likeness (QED) is 0.854. The van der Waals surface area contributed by atoms with Crippen LogP contribution < -0.4 is 0 Å². The largest absolute Gasteiger partial charge is 0.475 e. The van der Waals surface area contributed by atoms with Gasteiger partial charge in [0.1, 0.15) is 5.76 Å². The van der Waals surface area contributed by atoms with Gasteiger partial charge in [-0.15, -0.1) is 0 Å². The number of carboxylic acids is 1. The Morgan fingerprint density at radius 2 is 1.83 bits per heavy atom. The molecule has 0 aliphatic rings. The van der Waals surface area contributed by atoms with E-state index in [4.69, 9.17) is 9.52 Å². The fraction of sp³-hybridized carbons (Fsp3) is 0.0833. The van der Waals surface area contributed by atoms with Gasteiger partial charge in [0.25, 0.3) is 5.76 Å². The van der Waals surface area contributed by atoms with Gasteiger partial charge < -0.3 is 9.52 Å². The standard InChI is InChI=1S/C12H8F2O3S/c13-12(14)18-8-3-1-7(2-4-8)9-5-6-10(17-9)11(15)16/h1-6,12H,(H,15,16). The van der Waals surface area contributed by atoms with E-state index in [1.807, 2.05) is 0 Å². The molecule has 0 spiro atoms. The minimum atomic E-state index is -2.46. The molecule has 2 rings (SSSR count). The van der Waals surface area contributed by atoms with Crippen LogP contribution in [0.5, 0.6) is 0 Å². The van der Waals surface area contributed by atoms with E-state index >= 15 is 0 Å². The topological polar surface area (TPSA) is 50.4 Å². The Bertz CT molecular complexity index is 549. The van der Waals surface area contributed by atoms with Gasteiger partial charge in [0.05, 0.1) is 0 Å². The predicted octanol–water partition coefficient (Wildman–Crippen LogP) is 3.96. The van der Waals surface area contributed by atoms with E-state index in [-0.39, 0.29) is 5.76 Å². The lowest BCUT2D eigenvalue weighted by molar-refractivity contribution is 0.0663. The SMILES string of the molecule is O=C(O)c1ccc(-c2ccc(SC(F)F)cc2)o1. The third-order valence-electron chi connectivity index (χ3n) is 2.18. The molecule has 0 atom stereocenters. The average molecular weight is 270 g/mol. The smallest absolute Gasteiger partial charge is 0.371 e. The van der Waals surface area contributed by atoms with Gasteiger partial charge >= 0.3 is 5.97 Å². The van der Waals surface area contributed by atoms with Gasteiger partial charge in [-0.25, -0.2) is 4.79 Å². The molecular formula is C12H8F2O3S. The minimum absolute atomic E-state index is 0.156. The van der Waals surface area contributed by atoms with Crippen molar-refractivity contribution in [1.82, 2.24) is 0 Å². The maximum Gasteiger partial charge on any atom is 0.371 e. The average Bonchev–Trinajstić information content (AvgIpc) is 2.78. The van der Waals surface area contributed by atoms with E-state index < -0.39 is 11.7 Å². The summed E-state index contributed by atoms with van der Waals surface area (Å²) in [6, 6.07) is 9.16. The van der Waals surface area contributed by atoms with E-state index in [1.165, 1.54) is 24.3 Å². The van der Waals surface area contributed by atoms with Crippen molar-refractivity contribution in [3.63, 3.8) is 0 Å². The molecule has 0 saturated heterocycles. The Kier molecular flexibility index (Phi) is 3.66. The van der Waals surface area contributed by atoms with Gasteiger partial charge in [-0.05, 0) is 24.3 Å². The second-order valence-electron chi connectivity index (χ2n) is 3.37. The Morgan fingerprint density at radius 1 is 1.17 bits per heavy atom. The van der Waals surface area contributed by atoms with Crippen molar-refractivity contribution in [3.05, 3.63) is 42.2 Å². The van der Waals surface area contributed by atoms with Gasteiger partial charge in [-0.3, -0.25) is 0 Å². The molecule has 6 heteroatoms. The number of hydrogen-bond acceptors (Lipinski definition) is 3. The van der Waals surface area contributed by atoms with Crippen LogP contribution in [-0.2, 0) is 0 Å². The lowest BCUT2D eigenvalue weighted by atomic mass is 10.2. The second kappa shape index (κ2) is 5.22. The Balaban J connectivity index is 2.20. The van der Waals surface area contributed by atoms with Crippen LogP contribution in [0.25, 0.3) is 11.3 Å². The summed E-state index contributed by atoms with van der Waals surface area (Å²) in [6.07, 6.45) is 0. The minimum Gasteiger partial charge on any atom is -0.475 e. The molecule has 0 amide bonds. The molecular weight excluding hydrogens is 262 g/mol. The van der Waals surface area contributed by atoms with Crippen LogP contribution >= 0.6 is 11.8 Å². The summed E-state index contributed by atoms with van der Waals surface area (Å²) in [5.41, 5.74) is 0.640. The number of thioether (sulfide) groups is 1. The summed E-state index contributed by atoms with van der Waals surface area (Å²) in [5, 5.41) is 8.71. The summed E-state index contributed by atoms with van der Waals surface area (Å²) >= 11 is 0.454. The number of carbonyl (C=O) groups is 1. The molecule has 0 radical (unpaired) electrons. The van der Waals surface area contributed by atoms with Gasteiger partial charge in [0, 0.05) is 10.5 Å². The Hall–Kier alpha value is -1.82. The summed E-state index contributed by atoms with van der Waals surface area (Å²) in [5.74, 6) is -3.37. The fourth-order valence-corrected chi connectivity index (χ4v) is 1.91. The number of alkyl halides is 2. The van der Waals surface area contributed by atoms with E-state index in [2.05, 4.69) is 0 Å². The molecule has 18 heavy (non-hydrogen) atoms. The first-order valence-electron chi connectivity index (χ1n) is 4.94. The third-order valence-corrected chi connectivity index (χ3v) is 2.90. The first-order valence-corrected chi connectivity index (χ1v) is 5.82. The molecule has 0 saturated carbocycles. The Morgan fingerprint density at radius 3 is 2.33 bits per heavy atom. The van der Waals surface area contributed by atoms with Crippen LogP contribution in [0.1, 0.15) is 10.6 Å². The monoisotopic (exact) mass is 270 g/mol. The molecule has 0 bridgehead atoms. The molecule has 3 nitrogen and oxygen atoms in total. The molecule has 0 fully saturated rings. The van der Waals surface area contributed by atoms with Crippen LogP contribution in [0.15, 0.2) is 45.7 Å². The highest BCUT2D eigenvalue weighted by Crippen LogP contribution is 2.28. The molecule has 1 aromatic carbocycles. The molecule has 1 aromatic heterocycles. The number of furan rings is 1. The number of aromatic carboxylic acids is 1. The fourth-order valence-electron chi connectivity index (χ4n) is 1.41. The maximum atomic E-state index is 12.1. The third kappa shape index (κ3) is 2.89. The van der Waals surface area contributed by atoms with Crippen LogP contribution in [0.2, 0.25) is 0 Å². The number of rotatable bonds is 4. The highest BCUT2D eigenvalue weighted by Gasteiger charge is 2.11. The summed E-state index contributed by atoms with van der Waals surface area (Å²) in [4.78, 5) is 11.1. The lowest BCUT2D eigenvalue weighted by Crippen LogP contribution is -1.91. The van der Waals surface area contributed by atoms with Crippen molar-refractivity contribution in [2.45, 2.75) is 10.7 Å². The zero-order chi connectivity index (χ0) is 13.1. The van der Waals surface area contributed by atoms with Crippen LogP contribution in [0, 0.1) is 0 Å². The molecule has 0 aliphatic carbocycles. The number of halogens is 2. The van der Waals surface area contributed by atoms with E-state index in [1.54, 1.807) is 12.1 Å². The van der Waals surface area contributed by atoms with E-state index in [0.29, 0.717) is 28.0 Å². The van der Waals surface area contributed by atoms with Crippen molar-refractivity contribution in [2.24, 2.45) is 0 Å². The van der Waals surface area contributed by atoms with E-state index in [0.717, 1.165) is 0 Å². The van der Waals surface area contributed by atoms with Crippen molar-refractivity contribution in [2.75, 3.05) is 0 Å². The predicted molar refractivity (Wildman–Crippen MR) is 63.0 cm³/mol. The highest BCUT2D eigenvalue weighted by molar-refractivity contribution is 7.99. The number of carboxylic acid groups (broad SMARTS) is 1. The highest BCUT2D eigenvalue weighted by atomic mass is 32.2. The van der Waals surface area contributed by atoms with Gasteiger partial charge in [0.15, 0.2) is 0 Å². The number of hydrogen-bond donors (Lipinski definition) is 1. The van der Waals surface area contributed by atoms with Crippen LogP contribution in [0.4, 0.5) is 8.78 Å². The second-order valence-corrected chi connectivity index (χ2v) is 4.44. The molecule has 0 unspecified atom stereocenters. The molecule has 2 aromatic rings. The molecule has 0 aliphatic heterocycles. The van der Waals surface area contributed by atoms with Crippen molar-refractivity contribution in [3.8, 4) is 11.3 Å². The molecule has 1 heterocycles. The summed E-state index contributed by atoms with van der Waals surface area (Å²) in [7, 11) is 0. The van der Waals surface area contributed by atoms with Crippen molar-refractivity contribution >= 4 is 17.7 Å². The first kappa shape index (κ1) is 12.6. The zero-order valence-corrected chi connectivity index (χ0v) is 9.79. The zero-order valence-electron chi connectivity index (χ0n) is 8.97. The molecule has 94 valence electrons. The van der Waals surface area contributed by atoms with E-state index in [9.17, 15) is 13.6 Å². The van der Waals surface area contributed by atoms with Gasteiger partial charge in [0.2, 0.25) is 5.76 Å². The number of benzene rings is 1. The van der Waals surface area contributed by atoms with Crippen molar-refractivity contribution < 1.29 is 23.1 Å². The Labute approximate surface area is 105 Å². The first-order chi connectivity index (χ1) is 8.56. The lowest BCUT2D eigenvalue weighted by Gasteiger charge is -2.01. The van der Waals surface area contributed by atoms with Gasteiger partial charge in [-0.2, -0.15) is 8.78 Å². The van der Waals surface area contributed by atoms with Crippen molar-refractivity contribution in [1.29, 1.82) is 0 Å². The van der Waals surface area contributed by atoms with Gasteiger partial charge in [-0.1, -0.05) is 23.9 Å². The maximum absolute atomic E-state index is 12.1. The molecule has 1 N–H and O–H groups in total.